The SMILES string of the molecule is O=C(c1ccc([N+](=O)[O-])cc1)N(Cc1ccccc1)N1C(=O)[C@@H]2[C@@H](C1=O)[C@@]1(Cl)C(Cl)=C(Cl)[C@@]2(Cl)C1(Cl)Cl. The minimum Gasteiger partial charge on any atom is -0.272 e. The number of alkyl halides is 4. The maximum absolute atomic E-state index is 13.8. The fraction of sp³-hybridized carbons (Fsp3) is 0.261. The number of hydrazine groups is 1. The van der Waals surface area contributed by atoms with Crippen LogP contribution in [0.15, 0.2) is 64.7 Å². The third-order valence-corrected chi connectivity index (χ3v) is 11.1. The van der Waals surface area contributed by atoms with E-state index in [1.54, 1.807) is 30.3 Å². The highest BCUT2D eigenvalue weighted by Gasteiger charge is 2.88. The highest BCUT2D eigenvalue weighted by atomic mass is 35.5. The van der Waals surface area contributed by atoms with E-state index in [4.69, 9.17) is 69.6 Å². The maximum atomic E-state index is 13.8. The molecule has 3 aliphatic rings. The van der Waals surface area contributed by atoms with Crippen LogP contribution in [0.25, 0.3) is 0 Å². The van der Waals surface area contributed by atoms with Crippen molar-refractivity contribution in [3.8, 4) is 0 Å². The highest BCUT2D eigenvalue weighted by molar-refractivity contribution is 6.66. The molecule has 37 heavy (non-hydrogen) atoms. The summed E-state index contributed by atoms with van der Waals surface area (Å²) in [4.78, 5) is 47.7. The van der Waals surface area contributed by atoms with E-state index in [-0.39, 0.29) is 27.9 Å². The Morgan fingerprint density at radius 3 is 1.84 bits per heavy atom. The van der Waals surface area contributed by atoms with Gasteiger partial charge in [0, 0.05) is 17.7 Å². The summed E-state index contributed by atoms with van der Waals surface area (Å²) >= 11 is 39.3. The number of fused-ring (bicyclic) bond motifs is 5. The summed E-state index contributed by atoms with van der Waals surface area (Å²) in [6.07, 6.45) is 0. The summed E-state index contributed by atoms with van der Waals surface area (Å²) in [7, 11) is 0. The Balaban J connectivity index is 1.60. The predicted octanol–water partition coefficient (Wildman–Crippen LogP) is 5.60. The van der Waals surface area contributed by atoms with Gasteiger partial charge in [0.25, 0.3) is 23.4 Å². The number of hydrogen-bond acceptors (Lipinski definition) is 5. The number of nitro benzene ring substituents is 1. The van der Waals surface area contributed by atoms with Crippen molar-refractivity contribution in [2.75, 3.05) is 0 Å². The van der Waals surface area contributed by atoms with Crippen LogP contribution >= 0.6 is 69.6 Å². The average molecular weight is 624 g/mol. The molecular weight excluding hydrogens is 611 g/mol. The first-order chi connectivity index (χ1) is 17.3. The standard InChI is InChI=1S/C23H13Cl6N3O5/c24-16-17(25)22(27)15-14(21(16,26)23(22,28)29)19(34)31(20(15)35)30(10-11-4-2-1-3-5-11)18(33)12-6-8-13(9-7-12)32(36)37/h1-9,14-15H,10H2/t14-,15-,21+,22+/m0/s1. The number of carbonyl (C=O) groups excluding carboxylic acids is 3. The molecule has 1 saturated carbocycles. The van der Waals surface area contributed by atoms with Gasteiger partial charge in [0.2, 0.25) is 0 Å². The zero-order valence-electron chi connectivity index (χ0n) is 18.2. The van der Waals surface area contributed by atoms with Crippen molar-refractivity contribution in [1.29, 1.82) is 0 Å². The lowest BCUT2D eigenvalue weighted by molar-refractivity contribution is -0.384. The van der Waals surface area contributed by atoms with Crippen molar-refractivity contribution in [3.63, 3.8) is 0 Å². The Hall–Kier alpha value is -2.07. The zero-order valence-corrected chi connectivity index (χ0v) is 22.7. The molecule has 5 rings (SSSR count). The third kappa shape index (κ3) is 3.33. The fourth-order valence-corrected chi connectivity index (χ4v) is 8.01. The van der Waals surface area contributed by atoms with Crippen LogP contribution in [0.5, 0.6) is 0 Å². The molecule has 2 aromatic rings. The monoisotopic (exact) mass is 621 g/mol. The first-order valence-corrected chi connectivity index (χ1v) is 12.9. The van der Waals surface area contributed by atoms with Gasteiger partial charge >= 0.3 is 0 Å². The summed E-state index contributed by atoms with van der Waals surface area (Å²) in [6.45, 7) is -0.208. The molecule has 0 unspecified atom stereocenters. The largest absolute Gasteiger partial charge is 0.273 e. The first-order valence-electron chi connectivity index (χ1n) is 10.6. The highest BCUT2D eigenvalue weighted by Crippen LogP contribution is 2.77. The minimum absolute atomic E-state index is 0.0124. The average Bonchev–Trinajstić information content (AvgIpc) is 3.26. The number of allylic oxidation sites excluding steroid dienone is 2. The lowest BCUT2D eigenvalue weighted by Crippen LogP contribution is -2.55. The third-order valence-electron chi connectivity index (χ3n) is 6.86. The number of rotatable bonds is 5. The lowest BCUT2D eigenvalue weighted by atomic mass is 9.84. The molecule has 1 saturated heterocycles. The molecule has 2 aromatic carbocycles. The molecule has 2 aliphatic carbocycles. The Kier molecular flexibility index (Phi) is 6.26. The molecule has 192 valence electrons. The molecule has 1 heterocycles. The van der Waals surface area contributed by atoms with Gasteiger partial charge in [-0.3, -0.25) is 24.5 Å². The van der Waals surface area contributed by atoms with E-state index in [9.17, 15) is 24.5 Å². The van der Waals surface area contributed by atoms with Crippen molar-refractivity contribution in [2.45, 2.75) is 20.6 Å². The predicted molar refractivity (Wildman–Crippen MR) is 139 cm³/mol. The van der Waals surface area contributed by atoms with E-state index >= 15 is 0 Å². The van der Waals surface area contributed by atoms with Crippen LogP contribution in [-0.2, 0) is 16.1 Å². The van der Waals surface area contributed by atoms with Crippen molar-refractivity contribution < 1.29 is 19.3 Å². The second kappa shape index (κ2) is 8.73. The Morgan fingerprint density at radius 1 is 0.892 bits per heavy atom. The summed E-state index contributed by atoms with van der Waals surface area (Å²) < 4.78 is -2.11. The van der Waals surface area contributed by atoms with Gasteiger partial charge < -0.3 is 0 Å². The lowest BCUT2D eigenvalue weighted by Gasteiger charge is -2.37. The van der Waals surface area contributed by atoms with Gasteiger partial charge in [-0.25, -0.2) is 5.01 Å². The fourth-order valence-electron chi connectivity index (χ4n) is 5.08. The number of imide groups is 1. The molecule has 0 radical (unpaired) electrons. The van der Waals surface area contributed by atoms with Crippen LogP contribution in [0, 0.1) is 22.0 Å². The van der Waals surface area contributed by atoms with E-state index in [1.807, 2.05) is 0 Å². The van der Waals surface area contributed by atoms with Gasteiger partial charge in [-0.15, -0.1) is 23.2 Å². The van der Waals surface area contributed by atoms with Gasteiger partial charge in [0.05, 0.1) is 33.4 Å². The molecule has 0 N–H and O–H groups in total. The summed E-state index contributed by atoms with van der Waals surface area (Å²) in [6, 6.07) is 13.3. The van der Waals surface area contributed by atoms with Gasteiger partial charge in [0.15, 0.2) is 4.33 Å². The second-order valence-electron chi connectivity index (χ2n) is 8.72. The Labute approximate surface area is 239 Å². The number of benzene rings is 2. The summed E-state index contributed by atoms with van der Waals surface area (Å²) in [5.74, 6) is -5.43. The molecular formula is C23H13Cl6N3O5. The summed E-state index contributed by atoms with van der Waals surface area (Å²) in [5.41, 5.74) is 0.328. The number of carbonyl (C=O) groups is 3. The zero-order chi connectivity index (χ0) is 27.1. The molecule has 0 spiro atoms. The van der Waals surface area contributed by atoms with Gasteiger partial charge in [-0.1, -0.05) is 76.7 Å². The Morgan fingerprint density at radius 2 is 1.38 bits per heavy atom. The smallest absolute Gasteiger partial charge is 0.272 e. The molecule has 0 aromatic heterocycles. The van der Waals surface area contributed by atoms with Crippen molar-refractivity contribution >= 4 is 93.0 Å². The van der Waals surface area contributed by atoms with Gasteiger partial charge in [-0.05, 0) is 17.7 Å². The molecule has 14 heteroatoms. The minimum atomic E-state index is -2.11. The van der Waals surface area contributed by atoms with E-state index in [2.05, 4.69) is 0 Å². The Bertz CT molecular complexity index is 1360. The van der Waals surface area contributed by atoms with Crippen LogP contribution in [0.3, 0.4) is 0 Å². The quantitative estimate of drug-likeness (QED) is 0.187. The number of halogens is 6. The molecule has 3 amide bonds. The van der Waals surface area contributed by atoms with Crippen molar-refractivity contribution in [3.05, 3.63) is 85.9 Å². The number of non-ortho nitro benzene ring substituents is 1. The van der Waals surface area contributed by atoms with Crippen molar-refractivity contribution in [2.24, 2.45) is 11.8 Å². The van der Waals surface area contributed by atoms with Crippen LogP contribution in [0.1, 0.15) is 15.9 Å². The van der Waals surface area contributed by atoms with Crippen LogP contribution in [0.4, 0.5) is 5.69 Å². The molecule has 2 fully saturated rings. The molecule has 1 aliphatic heterocycles. The van der Waals surface area contributed by atoms with Crippen LogP contribution in [0.2, 0.25) is 0 Å². The molecule has 2 bridgehead atoms. The van der Waals surface area contributed by atoms with E-state index < -0.39 is 48.6 Å². The van der Waals surface area contributed by atoms with Gasteiger partial charge in [0.1, 0.15) is 9.75 Å². The van der Waals surface area contributed by atoms with E-state index in [0.29, 0.717) is 10.6 Å². The number of nitrogens with zero attached hydrogens (tertiary/aromatic N) is 3. The number of amides is 3. The molecule has 4 atom stereocenters. The number of nitro groups is 1. The maximum Gasteiger partial charge on any atom is 0.273 e. The summed E-state index contributed by atoms with van der Waals surface area (Å²) in [5, 5.41) is 12.1. The first kappa shape index (κ1) is 26.5. The second-order valence-corrected chi connectivity index (χ2v) is 12.0. The normalized spacial score (nSPS) is 29.6. The van der Waals surface area contributed by atoms with Crippen molar-refractivity contribution in [1.82, 2.24) is 10.0 Å². The topological polar surface area (TPSA) is 101 Å². The van der Waals surface area contributed by atoms with E-state index in [0.717, 1.165) is 17.1 Å². The van der Waals surface area contributed by atoms with Gasteiger partial charge in [-0.2, -0.15) is 5.01 Å². The number of hydrogen-bond donors (Lipinski definition) is 0. The van der Waals surface area contributed by atoms with E-state index in [1.165, 1.54) is 12.1 Å². The molecule has 8 nitrogen and oxygen atoms in total. The van der Waals surface area contributed by atoms with Crippen LogP contribution < -0.4 is 0 Å². The van der Waals surface area contributed by atoms with Crippen LogP contribution in [-0.4, -0.2) is 46.7 Å².